The second kappa shape index (κ2) is 11.4. The maximum absolute atomic E-state index is 12.8. The fourth-order valence-electron chi connectivity index (χ4n) is 3.60. The van der Waals surface area contributed by atoms with Crippen LogP contribution in [0.15, 0.2) is 66.9 Å². The molecule has 34 heavy (non-hydrogen) atoms. The molecule has 0 saturated heterocycles. The number of ether oxygens (including phenoxy) is 1. The summed E-state index contributed by atoms with van der Waals surface area (Å²) < 4.78 is 43.9. The van der Waals surface area contributed by atoms with Crippen LogP contribution in [0.1, 0.15) is 40.9 Å². The van der Waals surface area contributed by atoms with Gasteiger partial charge < -0.3 is 10.1 Å². The smallest absolute Gasteiger partial charge is 0.433 e. The zero-order valence-electron chi connectivity index (χ0n) is 18.7. The number of pyridine rings is 1. The van der Waals surface area contributed by atoms with Gasteiger partial charge in [0.1, 0.15) is 17.5 Å². The Labute approximate surface area is 201 Å². The van der Waals surface area contributed by atoms with Crippen LogP contribution in [-0.4, -0.2) is 25.0 Å². The number of carbonyl (C=O) groups excluding carboxylic acids is 1. The standard InChI is InChI=1S/C25H25ClF3N3O2/c1-30-24(33)23(17-6-4-3-5-7-17)32-20(18-10-11-19(26)21(14-18)34-2)12-8-16-9-13-22(31-15-16)25(27,28)29/h3-7,9-11,13-15,20,23,32H,8,12H2,1-2H3,(H,30,33)/t20-,23+/m0/s1. The van der Waals surface area contributed by atoms with Crippen molar-refractivity contribution >= 4 is 17.5 Å². The number of halogens is 4. The summed E-state index contributed by atoms with van der Waals surface area (Å²) in [5, 5.41) is 6.53. The molecule has 1 amide bonds. The van der Waals surface area contributed by atoms with Crippen LogP contribution in [-0.2, 0) is 17.4 Å². The molecular weight excluding hydrogens is 467 g/mol. The lowest BCUT2D eigenvalue weighted by Gasteiger charge is -2.26. The lowest BCUT2D eigenvalue weighted by atomic mass is 9.96. The molecule has 0 unspecified atom stereocenters. The second-order valence-electron chi connectivity index (χ2n) is 7.66. The fraction of sp³-hybridized carbons (Fsp3) is 0.280. The predicted molar refractivity (Wildman–Crippen MR) is 125 cm³/mol. The Morgan fingerprint density at radius 1 is 1.09 bits per heavy atom. The minimum atomic E-state index is -4.49. The van der Waals surface area contributed by atoms with Gasteiger partial charge in [0.2, 0.25) is 5.91 Å². The van der Waals surface area contributed by atoms with Crippen LogP contribution < -0.4 is 15.4 Å². The maximum Gasteiger partial charge on any atom is 0.433 e. The highest BCUT2D eigenvalue weighted by atomic mass is 35.5. The quantitative estimate of drug-likeness (QED) is 0.414. The first-order chi connectivity index (χ1) is 16.2. The van der Waals surface area contributed by atoms with E-state index in [0.29, 0.717) is 29.2 Å². The molecule has 0 radical (unpaired) electrons. The first-order valence-electron chi connectivity index (χ1n) is 10.6. The number of alkyl halides is 3. The van der Waals surface area contributed by atoms with E-state index in [2.05, 4.69) is 15.6 Å². The van der Waals surface area contributed by atoms with Crippen molar-refractivity contribution in [3.05, 3.63) is 94.3 Å². The van der Waals surface area contributed by atoms with Crippen molar-refractivity contribution in [2.45, 2.75) is 31.1 Å². The SMILES string of the molecule is CNC(=O)[C@H](N[C@@H](CCc1ccc(C(F)(F)F)nc1)c1ccc(Cl)c(OC)c1)c1ccccc1. The molecule has 1 heterocycles. The zero-order chi connectivity index (χ0) is 24.7. The molecule has 0 fully saturated rings. The number of hydrogen-bond acceptors (Lipinski definition) is 4. The molecule has 2 atom stereocenters. The molecule has 2 N–H and O–H groups in total. The number of aromatic nitrogens is 1. The van der Waals surface area contributed by atoms with Gasteiger partial charge in [0.25, 0.3) is 0 Å². The number of benzene rings is 2. The molecule has 180 valence electrons. The van der Waals surface area contributed by atoms with Gasteiger partial charge in [-0.1, -0.05) is 54.1 Å². The molecule has 0 spiro atoms. The number of aryl methyl sites for hydroxylation is 1. The van der Waals surface area contributed by atoms with Crippen LogP contribution >= 0.6 is 11.6 Å². The number of nitrogens with one attached hydrogen (secondary N) is 2. The van der Waals surface area contributed by atoms with E-state index in [4.69, 9.17) is 16.3 Å². The molecule has 2 aromatic carbocycles. The van der Waals surface area contributed by atoms with Crippen molar-refractivity contribution in [1.82, 2.24) is 15.6 Å². The van der Waals surface area contributed by atoms with Gasteiger partial charge in [-0.15, -0.1) is 0 Å². The van der Waals surface area contributed by atoms with Crippen LogP contribution in [0.25, 0.3) is 0 Å². The second-order valence-corrected chi connectivity index (χ2v) is 8.07. The third-order valence-electron chi connectivity index (χ3n) is 5.42. The monoisotopic (exact) mass is 491 g/mol. The normalized spacial score (nSPS) is 13.2. The minimum Gasteiger partial charge on any atom is -0.495 e. The van der Waals surface area contributed by atoms with Gasteiger partial charge in [-0.05, 0) is 47.7 Å². The molecular formula is C25H25ClF3N3O2. The highest BCUT2D eigenvalue weighted by molar-refractivity contribution is 6.32. The van der Waals surface area contributed by atoms with Gasteiger partial charge in [0, 0.05) is 19.3 Å². The number of hydrogen-bond donors (Lipinski definition) is 2. The molecule has 0 bridgehead atoms. The Hall–Kier alpha value is -3.10. The van der Waals surface area contributed by atoms with Gasteiger partial charge in [0.15, 0.2) is 0 Å². The minimum absolute atomic E-state index is 0.215. The summed E-state index contributed by atoms with van der Waals surface area (Å²) in [6.45, 7) is 0. The van der Waals surface area contributed by atoms with E-state index in [-0.39, 0.29) is 11.9 Å². The molecule has 0 aliphatic heterocycles. The van der Waals surface area contributed by atoms with Gasteiger partial charge in [-0.3, -0.25) is 15.1 Å². The topological polar surface area (TPSA) is 63.2 Å². The van der Waals surface area contributed by atoms with Crippen molar-refractivity contribution in [3.63, 3.8) is 0 Å². The highest BCUT2D eigenvalue weighted by Crippen LogP contribution is 2.32. The van der Waals surface area contributed by atoms with Crippen molar-refractivity contribution in [1.29, 1.82) is 0 Å². The number of rotatable bonds is 9. The molecule has 1 aromatic heterocycles. The van der Waals surface area contributed by atoms with Gasteiger partial charge in [-0.25, -0.2) is 0 Å². The maximum atomic E-state index is 12.8. The average molecular weight is 492 g/mol. The largest absolute Gasteiger partial charge is 0.495 e. The molecule has 0 aliphatic carbocycles. The average Bonchev–Trinajstić information content (AvgIpc) is 2.84. The van der Waals surface area contributed by atoms with E-state index in [9.17, 15) is 18.0 Å². The zero-order valence-corrected chi connectivity index (χ0v) is 19.5. The third kappa shape index (κ3) is 6.48. The Morgan fingerprint density at radius 3 is 2.41 bits per heavy atom. The Balaban J connectivity index is 1.89. The van der Waals surface area contributed by atoms with Crippen molar-refractivity contribution < 1.29 is 22.7 Å². The number of amides is 1. The van der Waals surface area contributed by atoms with E-state index in [1.54, 1.807) is 19.2 Å². The van der Waals surface area contributed by atoms with Crippen molar-refractivity contribution in [2.75, 3.05) is 14.2 Å². The summed E-state index contributed by atoms with van der Waals surface area (Å²) >= 11 is 6.19. The number of methoxy groups -OCH3 is 1. The van der Waals surface area contributed by atoms with E-state index in [1.807, 2.05) is 36.4 Å². The summed E-state index contributed by atoms with van der Waals surface area (Å²) in [6, 6.07) is 16.0. The molecule has 3 aromatic rings. The van der Waals surface area contributed by atoms with Crippen LogP contribution in [0.2, 0.25) is 5.02 Å². The predicted octanol–water partition coefficient (Wildman–Crippen LogP) is 5.51. The van der Waals surface area contributed by atoms with Crippen molar-refractivity contribution in [3.8, 4) is 5.75 Å². The van der Waals surface area contributed by atoms with Gasteiger partial charge >= 0.3 is 6.18 Å². The molecule has 3 rings (SSSR count). The summed E-state index contributed by atoms with van der Waals surface area (Å²) in [7, 11) is 3.08. The summed E-state index contributed by atoms with van der Waals surface area (Å²) in [5.41, 5.74) is 1.32. The highest BCUT2D eigenvalue weighted by Gasteiger charge is 2.32. The first-order valence-corrected chi connectivity index (χ1v) is 11.0. The van der Waals surface area contributed by atoms with E-state index in [0.717, 1.165) is 17.2 Å². The number of likely N-dealkylation sites (N-methyl/N-ethyl adjacent to an activating group) is 1. The van der Waals surface area contributed by atoms with E-state index >= 15 is 0 Å². The fourth-order valence-corrected chi connectivity index (χ4v) is 3.80. The van der Waals surface area contributed by atoms with Gasteiger partial charge in [0.05, 0.1) is 12.1 Å². The van der Waals surface area contributed by atoms with Crippen LogP contribution in [0.3, 0.4) is 0 Å². The first kappa shape index (κ1) is 25.5. The molecule has 0 saturated carbocycles. The molecule has 9 heteroatoms. The molecule has 0 aliphatic rings. The van der Waals surface area contributed by atoms with Crippen molar-refractivity contribution in [2.24, 2.45) is 0 Å². The third-order valence-corrected chi connectivity index (χ3v) is 5.74. The number of carbonyl (C=O) groups is 1. The summed E-state index contributed by atoms with van der Waals surface area (Å²) in [5.74, 6) is 0.270. The summed E-state index contributed by atoms with van der Waals surface area (Å²) in [6.07, 6.45) is -2.34. The summed E-state index contributed by atoms with van der Waals surface area (Å²) in [4.78, 5) is 16.3. The lowest BCUT2D eigenvalue weighted by Crippen LogP contribution is -2.38. The van der Waals surface area contributed by atoms with Gasteiger partial charge in [-0.2, -0.15) is 13.2 Å². The lowest BCUT2D eigenvalue weighted by molar-refractivity contribution is -0.141. The van der Waals surface area contributed by atoms with Crippen LogP contribution in [0, 0.1) is 0 Å². The number of nitrogens with zero attached hydrogens (tertiary/aromatic N) is 1. The van der Waals surface area contributed by atoms with E-state index in [1.165, 1.54) is 19.4 Å². The Kier molecular flexibility index (Phi) is 8.52. The van der Waals surface area contributed by atoms with Crippen LogP contribution in [0.4, 0.5) is 13.2 Å². The Bertz CT molecular complexity index is 1090. The molecule has 5 nitrogen and oxygen atoms in total. The van der Waals surface area contributed by atoms with E-state index < -0.39 is 17.9 Å². The van der Waals surface area contributed by atoms with Crippen LogP contribution in [0.5, 0.6) is 5.75 Å². The Morgan fingerprint density at radius 2 is 1.82 bits per heavy atom.